The zero-order valence-corrected chi connectivity index (χ0v) is 16.4. The van der Waals surface area contributed by atoms with E-state index in [1.807, 2.05) is 12.1 Å². The van der Waals surface area contributed by atoms with Crippen LogP contribution in [0.1, 0.15) is 23.0 Å². The first-order valence-corrected chi connectivity index (χ1v) is 8.84. The zero-order chi connectivity index (χ0) is 20.3. The fourth-order valence-electron chi connectivity index (χ4n) is 2.77. The predicted molar refractivity (Wildman–Crippen MR) is 109 cm³/mol. The van der Waals surface area contributed by atoms with Gasteiger partial charge < -0.3 is 15.4 Å². The van der Waals surface area contributed by atoms with Gasteiger partial charge in [-0.15, -0.1) is 0 Å². The van der Waals surface area contributed by atoms with Crippen LogP contribution in [0.15, 0.2) is 48.7 Å². The van der Waals surface area contributed by atoms with Crippen molar-refractivity contribution in [3.05, 3.63) is 64.9 Å². The Labute approximate surface area is 167 Å². The van der Waals surface area contributed by atoms with Crippen LogP contribution < -0.4 is 15.4 Å². The monoisotopic (exact) mass is 398 g/mol. The molecule has 1 aromatic heterocycles. The van der Waals surface area contributed by atoms with Gasteiger partial charge in [-0.3, -0.25) is 9.59 Å². The summed E-state index contributed by atoms with van der Waals surface area (Å²) in [5.74, 6) is -0.0525. The van der Waals surface area contributed by atoms with Gasteiger partial charge in [0.2, 0.25) is 5.91 Å². The highest BCUT2D eigenvalue weighted by Crippen LogP contribution is 2.28. The van der Waals surface area contributed by atoms with Gasteiger partial charge >= 0.3 is 0 Å². The van der Waals surface area contributed by atoms with E-state index in [1.54, 1.807) is 41.9 Å². The van der Waals surface area contributed by atoms with E-state index in [0.29, 0.717) is 33.4 Å². The number of anilines is 2. The number of ether oxygens (including phenoxy) is 1. The van der Waals surface area contributed by atoms with Crippen LogP contribution in [0.25, 0.3) is 5.69 Å². The third-order valence-corrected chi connectivity index (χ3v) is 4.31. The first-order valence-electron chi connectivity index (χ1n) is 8.46. The molecule has 2 N–H and O–H groups in total. The lowest BCUT2D eigenvalue weighted by Crippen LogP contribution is -2.14. The van der Waals surface area contributed by atoms with E-state index in [1.165, 1.54) is 20.2 Å². The molecule has 3 rings (SSSR count). The molecule has 3 aromatic rings. The second-order valence-electron chi connectivity index (χ2n) is 6.09. The second kappa shape index (κ2) is 8.14. The molecule has 0 bridgehead atoms. The largest absolute Gasteiger partial charge is 0.495 e. The number of aromatic nitrogens is 2. The van der Waals surface area contributed by atoms with E-state index in [0.717, 1.165) is 5.69 Å². The standard InChI is InChI=1S/C20H19ClN4O3/c1-12-17(11-22-25(12)16-6-4-5-14(21)9-16)20(27)24-15-7-8-19(28-3)18(10-15)23-13(2)26/h4-11H,1-3H3,(H,23,26)(H,24,27). The number of carbonyl (C=O) groups is 2. The summed E-state index contributed by atoms with van der Waals surface area (Å²) in [4.78, 5) is 24.1. The summed E-state index contributed by atoms with van der Waals surface area (Å²) in [6.07, 6.45) is 1.50. The van der Waals surface area contributed by atoms with Gasteiger partial charge in [0, 0.05) is 17.6 Å². The Balaban J connectivity index is 1.85. The predicted octanol–water partition coefficient (Wildman–Crippen LogP) is 4.05. The van der Waals surface area contributed by atoms with Crippen molar-refractivity contribution in [2.45, 2.75) is 13.8 Å². The van der Waals surface area contributed by atoms with Crippen molar-refractivity contribution in [3.8, 4) is 11.4 Å². The van der Waals surface area contributed by atoms with Gasteiger partial charge in [-0.1, -0.05) is 17.7 Å². The fourth-order valence-corrected chi connectivity index (χ4v) is 2.96. The van der Waals surface area contributed by atoms with Gasteiger partial charge in [0.05, 0.1) is 35.9 Å². The molecule has 0 fully saturated rings. The highest BCUT2D eigenvalue weighted by molar-refractivity contribution is 6.30. The summed E-state index contributed by atoms with van der Waals surface area (Å²) >= 11 is 6.04. The molecular weight excluding hydrogens is 380 g/mol. The molecule has 2 amide bonds. The molecule has 0 radical (unpaired) electrons. The van der Waals surface area contributed by atoms with Crippen molar-refractivity contribution < 1.29 is 14.3 Å². The second-order valence-corrected chi connectivity index (χ2v) is 6.52. The zero-order valence-electron chi connectivity index (χ0n) is 15.6. The van der Waals surface area contributed by atoms with E-state index in [2.05, 4.69) is 15.7 Å². The molecule has 8 heteroatoms. The number of carbonyl (C=O) groups excluding carboxylic acids is 2. The molecule has 0 spiro atoms. The minimum Gasteiger partial charge on any atom is -0.495 e. The SMILES string of the molecule is COc1ccc(NC(=O)c2cnn(-c3cccc(Cl)c3)c2C)cc1NC(C)=O. The third kappa shape index (κ3) is 4.15. The summed E-state index contributed by atoms with van der Waals surface area (Å²) < 4.78 is 6.87. The van der Waals surface area contributed by atoms with Gasteiger partial charge in [0.1, 0.15) is 5.75 Å². The van der Waals surface area contributed by atoms with Crippen molar-refractivity contribution in [1.29, 1.82) is 0 Å². The number of hydrogen-bond acceptors (Lipinski definition) is 4. The lowest BCUT2D eigenvalue weighted by Gasteiger charge is -2.12. The number of halogens is 1. The minimum atomic E-state index is -0.315. The molecule has 0 unspecified atom stereocenters. The lowest BCUT2D eigenvalue weighted by molar-refractivity contribution is -0.114. The normalized spacial score (nSPS) is 10.4. The first-order chi connectivity index (χ1) is 13.4. The summed E-state index contributed by atoms with van der Waals surface area (Å²) in [6, 6.07) is 12.2. The highest BCUT2D eigenvalue weighted by Gasteiger charge is 2.16. The number of methoxy groups -OCH3 is 1. The van der Waals surface area contributed by atoms with Crippen molar-refractivity contribution >= 4 is 34.8 Å². The summed E-state index contributed by atoms with van der Waals surface area (Å²) in [7, 11) is 1.51. The summed E-state index contributed by atoms with van der Waals surface area (Å²) in [5.41, 5.74) is 2.86. The Morgan fingerprint density at radius 1 is 1.14 bits per heavy atom. The van der Waals surface area contributed by atoms with Crippen LogP contribution in [0.2, 0.25) is 5.02 Å². The molecule has 28 heavy (non-hydrogen) atoms. The maximum absolute atomic E-state index is 12.7. The van der Waals surface area contributed by atoms with Crippen molar-refractivity contribution in [2.75, 3.05) is 17.7 Å². The van der Waals surface area contributed by atoms with Crippen LogP contribution in [0, 0.1) is 6.92 Å². The van der Waals surface area contributed by atoms with Crippen LogP contribution in [-0.4, -0.2) is 28.7 Å². The van der Waals surface area contributed by atoms with Gasteiger partial charge in [-0.2, -0.15) is 5.10 Å². The number of amides is 2. The molecule has 0 aliphatic carbocycles. The fraction of sp³-hybridized carbons (Fsp3) is 0.150. The number of rotatable bonds is 5. The molecule has 0 saturated heterocycles. The van der Waals surface area contributed by atoms with Crippen LogP contribution in [0.3, 0.4) is 0 Å². The first kappa shape index (κ1) is 19.4. The number of hydrogen-bond donors (Lipinski definition) is 2. The Hall–Kier alpha value is -3.32. The molecule has 144 valence electrons. The average Bonchev–Trinajstić information content (AvgIpc) is 3.03. The lowest BCUT2D eigenvalue weighted by atomic mass is 10.2. The van der Waals surface area contributed by atoms with E-state index >= 15 is 0 Å². The smallest absolute Gasteiger partial charge is 0.259 e. The minimum absolute atomic E-state index is 0.236. The van der Waals surface area contributed by atoms with Gasteiger partial charge in [0.15, 0.2) is 0 Å². The van der Waals surface area contributed by atoms with Gasteiger partial charge in [0.25, 0.3) is 5.91 Å². The van der Waals surface area contributed by atoms with E-state index in [-0.39, 0.29) is 11.8 Å². The van der Waals surface area contributed by atoms with Crippen molar-refractivity contribution in [3.63, 3.8) is 0 Å². The molecule has 0 aliphatic rings. The topological polar surface area (TPSA) is 85.2 Å². The molecule has 2 aromatic carbocycles. The van der Waals surface area contributed by atoms with Crippen LogP contribution in [0.4, 0.5) is 11.4 Å². The Morgan fingerprint density at radius 3 is 2.61 bits per heavy atom. The quantitative estimate of drug-likeness (QED) is 0.678. The van der Waals surface area contributed by atoms with Crippen molar-refractivity contribution in [1.82, 2.24) is 9.78 Å². The molecule has 0 saturated carbocycles. The third-order valence-electron chi connectivity index (χ3n) is 4.08. The van der Waals surface area contributed by atoms with Crippen LogP contribution in [0.5, 0.6) is 5.75 Å². The number of nitrogens with zero attached hydrogens (tertiary/aromatic N) is 2. The van der Waals surface area contributed by atoms with Crippen LogP contribution in [-0.2, 0) is 4.79 Å². The van der Waals surface area contributed by atoms with E-state index < -0.39 is 0 Å². The Morgan fingerprint density at radius 2 is 1.93 bits per heavy atom. The maximum Gasteiger partial charge on any atom is 0.259 e. The van der Waals surface area contributed by atoms with Crippen molar-refractivity contribution in [2.24, 2.45) is 0 Å². The molecule has 0 atom stereocenters. The molecule has 0 aliphatic heterocycles. The Kier molecular flexibility index (Phi) is 5.65. The van der Waals surface area contributed by atoms with Gasteiger partial charge in [-0.05, 0) is 43.3 Å². The number of nitrogens with one attached hydrogen (secondary N) is 2. The van der Waals surface area contributed by atoms with E-state index in [9.17, 15) is 9.59 Å². The average molecular weight is 399 g/mol. The van der Waals surface area contributed by atoms with Gasteiger partial charge in [-0.25, -0.2) is 4.68 Å². The molecule has 1 heterocycles. The Bertz CT molecular complexity index is 1050. The summed E-state index contributed by atoms with van der Waals surface area (Å²) in [5, 5.41) is 10.4. The molecular formula is C20H19ClN4O3. The highest BCUT2D eigenvalue weighted by atomic mass is 35.5. The summed E-state index contributed by atoms with van der Waals surface area (Å²) in [6.45, 7) is 3.21. The van der Waals surface area contributed by atoms with Crippen LogP contribution >= 0.6 is 11.6 Å². The maximum atomic E-state index is 12.7. The van der Waals surface area contributed by atoms with E-state index in [4.69, 9.17) is 16.3 Å². The molecule has 7 nitrogen and oxygen atoms in total. The number of benzene rings is 2.